The molecule has 6 nitrogen and oxygen atoms in total. The molecule has 0 saturated heterocycles. The summed E-state index contributed by atoms with van der Waals surface area (Å²) >= 11 is 0. The van der Waals surface area contributed by atoms with Crippen molar-refractivity contribution in [2.24, 2.45) is 0 Å². The van der Waals surface area contributed by atoms with Crippen LogP contribution in [0, 0.1) is 0 Å². The number of aliphatic hydroxyl groups excluding tert-OH is 1. The van der Waals surface area contributed by atoms with E-state index in [-0.39, 0.29) is 12.4 Å². The number of hydrogen-bond acceptors (Lipinski definition) is 4. The molecule has 0 saturated carbocycles. The molecule has 7 heteroatoms. The first-order valence-corrected chi connectivity index (χ1v) is 7.09. The molecule has 1 aromatic rings. The highest BCUT2D eigenvalue weighted by Crippen LogP contribution is 2.02. The highest BCUT2D eigenvalue weighted by molar-refractivity contribution is 7.89. The van der Waals surface area contributed by atoms with Gasteiger partial charge in [0, 0.05) is 33.4 Å². The maximum atomic E-state index is 11.5. The number of sulfonamides is 1. The van der Waals surface area contributed by atoms with E-state index in [0.29, 0.717) is 19.4 Å². The van der Waals surface area contributed by atoms with Crippen molar-refractivity contribution < 1.29 is 13.5 Å². The molecule has 0 unspecified atom stereocenters. The van der Waals surface area contributed by atoms with Crippen LogP contribution in [0.2, 0.25) is 0 Å². The minimum absolute atomic E-state index is 0.0979. The normalized spacial score (nSPS) is 12.2. The monoisotopic (exact) mass is 261 g/mol. The third-order valence-corrected chi connectivity index (χ3v) is 4.35. The molecule has 1 N–H and O–H groups in total. The molecule has 98 valence electrons. The first kappa shape index (κ1) is 14.1. The van der Waals surface area contributed by atoms with E-state index in [4.69, 9.17) is 5.11 Å². The van der Waals surface area contributed by atoms with Gasteiger partial charge in [-0.2, -0.15) is 5.10 Å². The summed E-state index contributed by atoms with van der Waals surface area (Å²) in [5, 5.41) is 12.8. The Labute approximate surface area is 102 Å². The van der Waals surface area contributed by atoms with Gasteiger partial charge >= 0.3 is 0 Å². The van der Waals surface area contributed by atoms with Gasteiger partial charge in [-0.15, -0.1) is 0 Å². The molecular formula is C10H19N3O3S. The van der Waals surface area contributed by atoms with E-state index in [1.165, 1.54) is 18.4 Å². The predicted molar refractivity (Wildman–Crippen MR) is 65.1 cm³/mol. The SMILES string of the molecule is CN(C)S(=O)(=O)CCCn1cc(CCO)cn1. The molecule has 0 aliphatic carbocycles. The Hall–Kier alpha value is -0.920. The number of rotatable bonds is 7. The van der Waals surface area contributed by atoms with Crippen molar-refractivity contribution in [1.29, 1.82) is 0 Å². The van der Waals surface area contributed by atoms with Crippen LogP contribution in [0.5, 0.6) is 0 Å². The van der Waals surface area contributed by atoms with Gasteiger partial charge in [0.05, 0.1) is 11.9 Å². The van der Waals surface area contributed by atoms with Gasteiger partial charge < -0.3 is 5.11 Å². The van der Waals surface area contributed by atoms with Crippen molar-refractivity contribution in [3.63, 3.8) is 0 Å². The summed E-state index contributed by atoms with van der Waals surface area (Å²) in [6.45, 7) is 0.666. The van der Waals surface area contributed by atoms with E-state index in [9.17, 15) is 8.42 Å². The third kappa shape index (κ3) is 4.45. The Morgan fingerprint density at radius 2 is 2.18 bits per heavy atom. The van der Waals surface area contributed by atoms with Gasteiger partial charge in [0.15, 0.2) is 0 Å². The summed E-state index contributed by atoms with van der Waals surface area (Å²) in [6, 6.07) is 0. The number of aryl methyl sites for hydroxylation is 1. The average molecular weight is 261 g/mol. The van der Waals surface area contributed by atoms with Gasteiger partial charge in [-0.05, 0) is 18.4 Å². The fourth-order valence-corrected chi connectivity index (χ4v) is 2.24. The Balaban J connectivity index is 2.40. The third-order valence-electron chi connectivity index (χ3n) is 2.43. The molecule has 17 heavy (non-hydrogen) atoms. The van der Waals surface area contributed by atoms with Gasteiger partial charge in [0.1, 0.15) is 0 Å². The van der Waals surface area contributed by atoms with Crippen LogP contribution < -0.4 is 0 Å². The molecule has 0 atom stereocenters. The Bertz CT molecular complexity index is 439. The van der Waals surface area contributed by atoms with E-state index >= 15 is 0 Å². The number of aromatic nitrogens is 2. The topological polar surface area (TPSA) is 75.4 Å². The molecule has 1 heterocycles. The van der Waals surface area contributed by atoms with Crippen molar-refractivity contribution in [2.75, 3.05) is 26.5 Å². The molecule has 0 amide bonds. The Morgan fingerprint density at radius 3 is 2.76 bits per heavy atom. The van der Waals surface area contributed by atoms with Crippen LogP contribution in [0.1, 0.15) is 12.0 Å². The molecule has 0 bridgehead atoms. The standard InChI is InChI=1S/C10H19N3O3S/c1-12(2)17(15,16)7-3-5-13-9-10(4-6-14)8-11-13/h8-9,14H,3-7H2,1-2H3. The van der Waals surface area contributed by atoms with Crippen LogP contribution in [0.3, 0.4) is 0 Å². The smallest absolute Gasteiger partial charge is 0.213 e. The summed E-state index contributed by atoms with van der Waals surface area (Å²) in [4.78, 5) is 0. The van der Waals surface area contributed by atoms with E-state index < -0.39 is 10.0 Å². The zero-order valence-corrected chi connectivity index (χ0v) is 11.0. The van der Waals surface area contributed by atoms with Gasteiger partial charge in [0.25, 0.3) is 0 Å². The Kier molecular flexibility index (Phi) is 5.10. The lowest BCUT2D eigenvalue weighted by Crippen LogP contribution is -2.25. The quantitative estimate of drug-likeness (QED) is 0.731. The van der Waals surface area contributed by atoms with E-state index in [0.717, 1.165) is 5.56 Å². The van der Waals surface area contributed by atoms with Crippen molar-refractivity contribution in [1.82, 2.24) is 14.1 Å². The zero-order valence-electron chi connectivity index (χ0n) is 10.2. The molecule has 0 radical (unpaired) electrons. The van der Waals surface area contributed by atoms with Gasteiger partial charge in [-0.3, -0.25) is 4.68 Å². The molecule has 0 aliphatic heterocycles. The minimum Gasteiger partial charge on any atom is -0.396 e. The number of aliphatic hydroxyl groups is 1. The lowest BCUT2D eigenvalue weighted by molar-refractivity contribution is 0.299. The molecule has 0 spiro atoms. The molecule has 0 aliphatic rings. The van der Waals surface area contributed by atoms with Crippen LogP contribution in [-0.4, -0.2) is 54.1 Å². The van der Waals surface area contributed by atoms with Crippen LogP contribution in [0.4, 0.5) is 0 Å². The van der Waals surface area contributed by atoms with Crippen molar-refractivity contribution in [3.05, 3.63) is 18.0 Å². The van der Waals surface area contributed by atoms with E-state index in [1.807, 2.05) is 6.20 Å². The molecule has 1 aromatic heterocycles. The zero-order chi connectivity index (χ0) is 12.9. The second-order valence-electron chi connectivity index (χ2n) is 4.04. The van der Waals surface area contributed by atoms with Crippen LogP contribution >= 0.6 is 0 Å². The predicted octanol–water partition coefficient (Wildman–Crippen LogP) is -0.301. The molecule has 1 rings (SSSR count). The van der Waals surface area contributed by atoms with Crippen LogP contribution in [-0.2, 0) is 23.0 Å². The fraction of sp³-hybridized carbons (Fsp3) is 0.700. The fourth-order valence-electron chi connectivity index (χ4n) is 1.38. The first-order valence-electron chi connectivity index (χ1n) is 5.48. The van der Waals surface area contributed by atoms with Crippen LogP contribution in [0.25, 0.3) is 0 Å². The second kappa shape index (κ2) is 6.13. The first-order chi connectivity index (χ1) is 7.95. The van der Waals surface area contributed by atoms with E-state index in [2.05, 4.69) is 5.10 Å². The summed E-state index contributed by atoms with van der Waals surface area (Å²) < 4.78 is 25.9. The van der Waals surface area contributed by atoms with Crippen molar-refractivity contribution in [3.8, 4) is 0 Å². The summed E-state index contributed by atoms with van der Waals surface area (Å²) in [6.07, 6.45) is 4.63. The van der Waals surface area contributed by atoms with Gasteiger partial charge in [0.2, 0.25) is 10.0 Å². The summed E-state index contributed by atoms with van der Waals surface area (Å²) in [5.41, 5.74) is 0.961. The molecular weight excluding hydrogens is 242 g/mol. The van der Waals surface area contributed by atoms with Crippen molar-refractivity contribution >= 4 is 10.0 Å². The van der Waals surface area contributed by atoms with E-state index in [1.54, 1.807) is 10.9 Å². The Morgan fingerprint density at radius 1 is 1.47 bits per heavy atom. The minimum atomic E-state index is -3.12. The summed E-state index contributed by atoms with van der Waals surface area (Å²) in [7, 11) is -0.0588. The van der Waals surface area contributed by atoms with Crippen LogP contribution in [0.15, 0.2) is 12.4 Å². The average Bonchev–Trinajstić information content (AvgIpc) is 2.66. The number of nitrogens with zero attached hydrogens (tertiary/aromatic N) is 3. The highest BCUT2D eigenvalue weighted by atomic mass is 32.2. The molecule has 0 aromatic carbocycles. The largest absolute Gasteiger partial charge is 0.396 e. The number of hydrogen-bond donors (Lipinski definition) is 1. The second-order valence-corrected chi connectivity index (χ2v) is 6.34. The maximum absolute atomic E-state index is 11.5. The molecule has 0 fully saturated rings. The van der Waals surface area contributed by atoms with Gasteiger partial charge in [-0.1, -0.05) is 0 Å². The lowest BCUT2D eigenvalue weighted by atomic mass is 10.3. The maximum Gasteiger partial charge on any atom is 0.213 e. The van der Waals surface area contributed by atoms with Gasteiger partial charge in [-0.25, -0.2) is 12.7 Å². The lowest BCUT2D eigenvalue weighted by Gasteiger charge is -2.10. The highest BCUT2D eigenvalue weighted by Gasteiger charge is 2.12. The summed E-state index contributed by atoms with van der Waals surface area (Å²) in [5.74, 6) is 0.120. The van der Waals surface area contributed by atoms with Crippen molar-refractivity contribution in [2.45, 2.75) is 19.4 Å².